The van der Waals surface area contributed by atoms with Crippen LogP contribution in [0.1, 0.15) is 31.7 Å². The van der Waals surface area contributed by atoms with Crippen LogP contribution in [0.15, 0.2) is 35.3 Å². The van der Waals surface area contributed by atoms with Gasteiger partial charge in [0.1, 0.15) is 0 Å². The Balaban J connectivity index is 2.39. The highest BCUT2D eigenvalue weighted by atomic mass is 16.3. The van der Waals surface area contributed by atoms with Crippen LogP contribution >= 0.6 is 0 Å². The Bertz CT molecular complexity index is 450. The van der Waals surface area contributed by atoms with Crippen LogP contribution in [0.25, 0.3) is 0 Å². The maximum Gasteiger partial charge on any atom is 0.191 e. The number of nitrogens with one attached hydrogen (secondary N) is 2. The number of likely N-dealkylation sites (N-methyl/N-ethyl adjacent to an activating group) is 1. The van der Waals surface area contributed by atoms with Crippen molar-refractivity contribution < 1.29 is 5.11 Å². The number of rotatable bonds is 9. The Kier molecular flexibility index (Phi) is 9.33. The normalized spacial score (nSPS) is 14.6. The van der Waals surface area contributed by atoms with E-state index in [0.717, 1.165) is 31.0 Å². The summed E-state index contributed by atoms with van der Waals surface area (Å²) < 4.78 is 0. The second-order valence-electron chi connectivity index (χ2n) is 5.91. The Labute approximate surface area is 140 Å². The number of aliphatic imine (C=N–C) groups is 1. The molecule has 130 valence electrons. The number of hydrogen-bond donors (Lipinski definition) is 3. The molecule has 2 atom stereocenters. The number of aliphatic hydroxyl groups excluding tert-OH is 1. The molecule has 0 aliphatic rings. The Morgan fingerprint density at radius 3 is 2.52 bits per heavy atom. The molecule has 0 saturated heterocycles. The zero-order valence-corrected chi connectivity index (χ0v) is 14.9. The van der Waals surface area contributed by atoms with Gasteiger partial charge in [0.05, 0.1) is 6.61 Å². The molecular weight excluding hydrogens is 288 g/mol. The van der Waals surface area contributed by atoms with E-state index in [-0.39, 0.29) is 12.5 Å². The number of aliphatic hydroxyl groups is 1. The van der Waals surface area contributed by atoms with Crippen molar-refractivity contribution in [3.63, 3.8) is 0 Å². The SMILES string of the molecule is CCC(C)N(C)CCNC(=NC)NCC(CO)c1ccccc1. The molecular formula is C18H32N4O. The topological polar surface area (TPSA) is 59.9 Å². The van der Waals surface area contributed by atoms with Crippen molar-refractivity contribution in [1.29, 1.82) is 0 Å². The lowest BCUT2D eigenvalue weighted by Crippen LogP contribution is -2.43. The van der Waals surface area contributed by atoms with Crippen molar-refractivity contribution in [3.05, 3.63) is 35.9 Å². The van der Waals surface area contributed by atoms with Crippen LogP contribution in [0.4, 0.5) is 0 Å². The quantitative estimate of drug-likeness (QED) is 0.478. The first kappa shape index (κ1) is 19.5. The number of guanidine groups is 1. The fraction of sp³-hybridized carbons (Fsp3) is 0.611. The van der Waals surface area contributed by atoms with E-state index in [1.54, 1.807) is 7.05 Å². The molecule has 0 saturated carbocycles. The molecule has 0 amide bonds. The van der Waals surface area contributed by atoms with E-state index in [0.29, 0.717) is 12.6 Å². The van der Waals surface area contributed by atoms with Crippen LogP contribution in [0.5, 0.6) is 0 Å². The van der Waals surface area contributed by atoms with Crippen LogP contribution in [0.3, 0.4) is 0 Å². The summed E-state index contributed by atoms with van der Waals surface area (Å²) in [7, 11) is 3.91. The predicted molar refractivity (Wildman–Crippen MR) is 98.0 cm³/mol. The first-order chi connectivity index (χ1) is 11.1. The fourth-order valence-corrected chi connectivity index (χ4v) is 2.34. The van der Waals surface area contributed by atoms with Crippen molar-refractivity contribution in [1.82, 2.24) is 15.5 Å². The number of hydrogen-bond acceptors (Lipinski definition) is 3. The van der Waals surface area contributed by atoms with Gasteiger partial charge in [0, 0.05) is 38.6 Å². The van der Waals surface area contributed by atoms with E-state index in [1.165, 1.54) is 0 Å². The van der Waals surface area contributed by atoms with E-state index in [2.05, 4.69) is 41.4 Å². The van der Waals surface area contributed by atoms with Gasteiger partial charge in [-0.1, -0.05) is 37.3 Å². The molecule has 0 fully saturated rings. The highest BCUT2D eigenvalue weighted by Crippen LogP contribution is 2.13. The van der Waals surface area contributed by atoms with Crippen molar-refractivity contribution in [2.45, 2.75) is 32.2 Å². The van der Waals surface area contributed by atoms with Crippen molar-refractivity contribution >= 4 is 5.96 Å². The Hall–Kier alpha value is -1.59. The van der Waals surface area contributed by atoms with Crippen LogP contribution in [0, 0.1) is 0 Å². The van der Waals surface area contributed by atoms with Gasteiger partial charge in [-0.15, -0.1) is 0 Å². The van der Waals surface area contributed by atoms with E-state index in [9.17, 15) is 5.11 Å². The minimum atomic E-state index is 0.0672. The Morgan fingerprint density at radius 2 is 1.96 bits per heavy atom. The van der Waals surface area contributed by atoms with Gasteiger partial charge in [-0.05, 0) is 26.0 Å². The summed E-state index contributed by atoms with van der Waals surface area (Å²) in [5.74, 6) is 0.842. The van der Waals surface area contributed by atoms with E-state index < -0.39 is 0 Å². The lowest BCUT2D eigenvalue weighted by Gasteiger charge is -2.24. The average molecular weight is 320 g/mol. The highest BCUT2D eigenvalue weighted by molar-refractivity contribution is 5.79. The minimum Gasteiger partial charge on any atom is -0.396 e. The smallest absolute Gasteiger partial charge is 0.191 e. The summed E-state index contributed by atoms with van der Waals surface area (Å²) in [6.07, 6.45) is 1.15. The van der Waals surface area contributed by atoms with Gasteiger partial charge in [0.2, 0.25) is 0 Å². The molecule has 0 aliphatic heterocycles. The van der Waals surface area contributed by atoms with Gasteiger partial charge < -0.3 is 20.6 Å². The maximum absolute atomic E-state index is 9.60. The average Bonchev–Trinajstić information content (AvgIpc) is 2.60. The summed E-state index contributed by atoms with van der Waals surface area (Å²) in [5, 5.41) is 16.2. The second-order valence-corrected chi connectivity index (χ2v) is 5.91. The van der Waals surface area contributed by atoms with Crippen molar-refractivity contribution in [2.24, 2.45) is 4.99 Å². The maximum atomic E-state index is 9.60. The van der Waals surface area contributed by atoms with Crippen LogP contribution < -0.4 is 10.6 Å². The van der Waals surface area contributed by atoms with E-state index in [4.69, 9.17) is 0 Å². The Morgan fingerprint density at radius 1 is 1.26 bits per heavy atom. The predicted octanol–water partition coefficient (Wildman–Crippen LogP) is 1.66. The third-order valence-corrected chi connectivity index (χ3v) is 4.33. The molecule has 0 radical (unpaired) electrons. The zero-order valence-electron chi connectivity index (χ0n) is 14.9. The molecule has 3 N–H and O–H groups in total. The number of nitrogens with zero attached hydrogens (tertiary/aromatic N) is 2. The molecule has 2 unspecified atom stereocenters. The molecule has 1 rings (SSSR count). The molecule has 0 aromatic heterocycles. The lowest BCUT2D eigenvalue weighted by molar-refractivity contribution is 0.255. The summed E-state index contributed by atoms with van der Waals surface area (Å²) in [6, 6.07) is 10.6. The van der Waals surface area contributed by atoms with Gasteiger partial charge >= 0.3 is 0 Å². The molecule has 1 aromatic carbocycles. The van der Waals surface area contributed by atoms with Gasteiger partial charge in [0.25, 0.3) is 0 Å². The largest absolute Gasteiger partial charge is 0.396 e. The third kappa shape index (κ3) is 7.01. The van der Waals surface area contributed by atoms with E-state index in [1.807, 2.05) is 30.3 Å². The van der Waals surface area contributed by atoms with Gasteiger partial charge in [-0.3, -0.25) is 4.99 Å². The first-order valence-corrected chi connectivity index (χ1v) is 8.42. The molecule has 1 aromatic rings. The van der Waals surface area contributed by atoms with Gasteiger partial charge in [-0.2, -0.15) is 0 Å². The molecule has 0 bridgehead atoms. The lowest BCUT2D eigenvalue weighted by atomic mass is 10.0. The molecule has 0 spiro atoms. The zero-order chi connectivity index (χ0) is 17.1. The van der Waals surface area contributed by atoms with Crippen LogP contribution in [-0.4, -0.2) is 62.3 Å². The monoisotopic (exact) mass is 320 g/mol. The first-order valence-electron chi connectivity index (χ1n) is 8.42. The molecule has 0 heterocycles. The van der Waals surface area contributed by atoms with Crippen molar-refractivity contribution in [3.8, 4) is 0 Å². The van der Waals surface area contributed by atoms with Crippen LogP contribution in [0.2, 0.25) is 0 Å². The summed E-state index contributed by atoms with van der Waals surface area (Å²) >= 11 is 0. The third-order valence-electron chi connectivity index (χ3n) is 4.33. The van der Waals surface area contributed by atoms with Crippen molar-refractivity contribution in [2.75, 3.05) is 40.3 Å². The molecule has 5 nitrogen and oxygen atoms in total. The minimum absolute atomic E-state index is 0.0672. The summed E-state index contributed by atoms with van der Waals surface area (Å²) in [6.45, 7) is 7.02. The van der Waals surface area contributed by atoms with E-state index >= 15 is 0 Å². The standard InChI is InChI=1S/C18H32N4O/c1-5-15(2)22(4)12-11-20-18(19-3)21-13-17(14-23)16-9-7-6-8-10-16/h6-10,15,17,23H,5,11-14H2,1-4H3,(H2,19,20,21). The summed E-state index contributed by atoms with van der Waals surface area (Å²) in [5.41, 5.74) is 1.13. The molecule has 0 aliphatic carbocycles. The van der Waals surface area contributed by atoms with Gasteiger partial charge in [-0.25, -0.2) is 0 Å². The fourth-order valence-electron chi connectivity index (χ4n) is 2.34. The molecule has 5 heteroatoms. The number of benzene rings is 1. The van der Waals surface area contributed by atoms with Gasteiger partial charge in [0.15, 0.2) is 5.96 Å². The second kappa shape index (κ2) is 11.0. The molecule has 23 heavy (non-hydrogen) atoms. The van der Waals surface area contributed by atoms with Crippen LogP contribution in [-0.2, 0) is 0 Å². The highest BCUT2D eigenvalue weighted by Gasteiger charge is 2.11. The summed E-state index contributed by atoms with van der Waals surface area (Å²) in [4.78, 5) is 6.58.